The molecule has 1 saturated carbocycles. The lowest BCUT2D eigenvalue weighted by atomic mass is 9.92. The number of hydrogen-bond donors (Lipinski definition) is 2. The molecule has 1 atom stereocenters. The molecule has 0 bridgehead atoms. The maximum atomic E-state index is 12.0. The topological polar surface area (TPSA) is 64.4 Å². The predicted molar refractivity (Wildman–Crippen MR) is 80.3 cm³/mol. The summed E-state index contributed by atoms with van der Waals surface area (Å²) in [6.07, 6.45) is 11.2. The molecular formula is C16H30N2O2. The van der Waals surface area contributed by atoms with Crippen LogP contribution >= 0.6 is 0 Å². The number of nitrogens with one attached hydrogen (secondary N) is 1. The van der Waals surface area contributed by atoms with E-state index in [0.29, 0.717) is 5.92 Å². The van der Waals surface area contributed by atoms with Crippen molar-refractivity contribution in [2.45, 2.75) is 63.8 Å². The van der Waals surface area contributed by atoms with Crippen LogP contribution in [0.3, 0.4) is 0 Å². The van der Waals surface area contributed by atoms with Crippen molar-refractivity contribution in [3.05, 3.63) is 0 Å². The van der Waals surface area contributed by atoms with Gasteiger partial charge in [-0.05, 0) is 31.1 Å². The zero-order chi connectivity index (χ0) is 14.2. The Labute approximate surface area is 122 Å². The number of carbonyl (C=O) groups is 1. The normalized spacial score (nSPS) is 22.9. The summed E-state index contributed by atoms with van der Waals surface area (Å²) in [7, 11) is 0. The van der Waals surface area contributed by atoms with Crippen LogP contribution < -0.4 is 11.1 Å². The van der Waals surface area contributed by atoms with E-state index in [9.17, 15) is 4.79 Å². The van der Waals surface area contributed by atoms with E-state index >= 15 is 0 Å². The van der Waals surface area contributed by atoms with Gasteiger partial charge < -0.3 is 15.8 Å². The van der Waals surface area contributed by atoms with Gasteiger partial charge in [0, 0.05) is 19.8 Å². The molecule has 1 unspecified atom stereocenters. The van der Waals surface area contributed by atoms with Crippen LogP contribution in [0.25, 0.3) is 0 Å². The maximum absolute atomic E-state index is 12.0. The van der Waals surface area contributed by atoms with Crippen molar-refractivity contribution in [1.82, 2.24) is 5.32 Å². The largest absolute Gasteiger partial charge is 0.381 e. The Morgan fingerprint density at radius 1 is 1.15 bits per heavy atom. The quantitative estimate of drug-likeness (QED) is 0.704. The average Bonchev–Trinajstić information content (AvgIpc) is 3.00. The van der Waals surface area contributed by atoms with Crippen molar-refractivity contribution in [2.24, 2.45) is 17.6 Å². The summed E-state index contributed by atoms with van der Waals surface area (Å²) < 4.78 is 5.30. The van der Waals surface area contributed by atoms with Gasteiger partial charge in [0.05, 0.1) is 6.04 Å². The lowest BCUT2D eigenvalue weighted by Gasteiger charge is -2.26. The minimum absolute atomic E-state index is 0.0257. The molecule has 2 rings (SSSR count). The minimum Gasteiger partial charge on any atom is -0.381 e. The molecule has 1 aliphatic heterocycles. The van der Waals surface area contributed by atoms with Crippen molar-refractivity contribution < 1.29 is 9.53 Å². The van der Waals surface area contributed by atoms with E-state index in [0.717, 1.165) is 44.9 Å². The molecule has 20 heavy (non-hydrogen) atoms. The van der Waals surface area contributed by atoms with Gasteiger partial charge in [-0.1, -0.05) is 38.5 Å². The Morgan fingerprint density at radius 2 is 1.85 bits per heavy atom. The van der Waals surface area contributed by atoms with Crippen LogP contribution in [0.2, 0.25) is 0 Å². The number of carbonyl (C=O) groups excluding carboxylic acids is 1. The smallest absolute Gasteiger partial charge is 0.237 e. The monoisotopic (exact) mass is 282 g/mol. The number of rotatable bonds is 7. The van der Waals surface area contributed by atoms with Crippen molar-refractivity contribution >= 4 is 5.91 Å². The van der Waals surface area contributed by atoms with Crippen LogP contribution in [-0.4, -0.2) is 31.7 Å². The van der Waals surface area contributed by atoms with Gasteiger partial charge >= 0.3 is 0 Å². The van der Waals surface area contributed by atoms with Crippen molar-refractivity contribution in [3.63, 3.8) is 0 Å². The van der Waals surface area contributed by atoms with E-state index < -0.39 is 0 Å². The summed E-state index contributed by atoms with van der Waals surface area (Å²) in [5.41, 5.74) is 6.04. The Bertz CT molecular complexity index is 284. The second-order valence-corrected chi connectivity index (χ2v) is 6.41. The number of nitrogens with two attached hydrogens (primary N) is 1. The lowest BCUT2D eigenvalue weighted by Crippen LogP contribution is -2.47. The van der Waals surface area contributed by atoms with Crippen LogP contribution in [0, 0.1) is 11.8 Å². The fourth-order valence-electron chi connectivity index (χ4n) is 3.48. The Balaban J connectivity index is 1.52. The molecule has 1 aliphatic carbocycles. The van der Waals surface area contributed by atoms with E-state index in [1.54, 1.807) is 0 Å². The molecule has 3 N–H and O–H groups in total. The maximum Gasteiger partial charge on any atom is 0.237 e. The Hall–Kier alpha value is -0.610. The van der Waals surface area contributed by atoms with Crippen molar-refractivity contribution in [3.8, 4) is 0 Å². The van der Waals surface area contributed by atoms with E-state index in [4.69, 9.17) is 10.5 Å². The van der Waals surface area contributed by atoms with Gasteiger partial charge in [-0.3, -0.25) is 4.79 Å². The molecule has 0 spiro atoms. The average molecular weight is 282 g/mol. The summed E-state index contributed by atoms with van der Waals surface area (Å²) in [4.78, 5) is 12.0. The van der Waals surface area contributed by atoms with Gasteiger partial charge in [0.15, 0.2) is 0 Å². The zero-order valence-electron chi connectivity index (χ0n) is 12.6. The fourth-order valence-corrected chi connectivity index (χ4v) is 3.48. The van der Waals surface area contributed by atoms with Crippen molar-refractivity contribution in [1.29, 1.82) is 0 Å². The highest BCUT2D eigenvalue weighted by atomic mass is 16.5. The highest BCUT2D eigenvalue weighted by Crippen LogP contribution is 2.28. The molecule has 0 aromatic carbocycles. The molecule has 1 saturated heterocycles. The van der Waals surface area contributed by atoms with Crippen LogP contribution in [-0.2, 0) is 9.53 Å². The number of amides is 1. The molecule has 2 aliphatic rings. The first-order chi connectivity index (χ1) is 9.77. The molecule has 116 valence electrons. The SMILES string of the molecule is NC(C(=O)NCCCCC1CCCC1)C1CCOCC1. The van der Waals surface area contributed by atoms with E-state index in [1.165, 1.54) is 38.5 Å². The Kier molecular flexibility index (Phi) is 6.80. The van der Waals surface area contributed by atoms with Crippen molar-refractivity contribution in [2.75, 3.05) is 19.8 Å². The summed E-state index contributed by atoms with van der Waals surface area (Å²) in [6, 6.07) is -0.353. The first kappa shape index (κ1) is 15.8. The summed E-state index contributed by atoms with van der Waals surface area (Å²) >= 11 is 0. The van der Waals surface area contributed by atoms with Gasteiger partial charge in [-0.15, -0.1) is 0 Å². The summed E-state index contributed by atoms with van der Waals surface area (Å²) in [5.74, 6) is 1.27. The molecule has 4 nitrogen and oxygen atoms in total. The van der Waals surface area contributed by atoms with E-state index in [2.05, 4.69) is 5.32 Å². The number of ether oxygens (including phenoxy) is 1. The summed E-state index contributed by atoms with van der Waals surface area (Å²) in [5, 5.41) is 3.00. The standard InChI is InChI=1S/C16H30N2O2/c17-15(14-8-11-20-12-9-14)16(19)18-10-4-3-7-13-5-1-2-6-13/h13-15H,1-12,17H2,(H,18,19). The zero-order valence-corrected chi connectivity index (χ0v) is 12.6. The lowest BCUT2D eigenvalue weighted by molar-refractivity contribution is -0.124. The van der Waals surface area contributed by atoms with Crippen LogP contribution in [0.1, 0.15) is 57.8 Å². The highest BCUT2D eigenvalue weighted by molar-refractivity contribution is 5.81. The number of hydrogen-bond acceptors (Lipinski definition) is 3. The molecule has 0 radical (unpaired) electrons. The number of unbranched alkanes of at least 4 members (excludes halogenated alkanes) is 1. The molecule has 4 heteroatoms. The highest BCUT2D eigenvalue weighted by Gasteiger charge is 2.26. The van der Waals surface area contributed by atoms with Gasteiger partial charge in [-0.2, -0.15) is 0 Å². The third-order valence-electron chi connectivity index (χ3n) is 4.89. The molecule has 0 aromatic rings. The first-order valence-electron chi connectivity index (χ1n) is 8.38. The molecule has 0 aromatic heterocycles. The van der Waals surface area contributed by atoms with E-state index in [1.807, 2.05) is 0 Å². The first-order valence-corrected chi connectivity index (χ1v) is 8.38. The van der Waals surface area contributed by atoms with Gasteiger partial charge in [0.2, 0.25) is 5.91 Å². The predicted octanol–water partition coefficient (Wildman–Crippen LogP) is 2.22. The third-order valence-corrected chi connectivity index (χ3v) is 4.89. The van der Waals surface area contributed by atoms with Gasteiger partial charge in [0.1, 0.15) is 0 Å². The Morgan fingerprint density at radius 3 is 2.55 bits per heavy atom. The summed E-state index contributed by atoms with van der Waals surface area (Å²) in [6.45, 7) is 2.27. The van der Waals surface area contributed by atoms with E-state index in [-0.39, 0.29) is 11.9 Å². The van der Waals surface area contributed by atoms with Crippen LogP contribution in [0.15, 0.2) is 0 Å². The second-order valence-electron chi connectivity index (χ2n) is 6.41. The molecule has 1 heterocycles. The van der Waals surface area contributed by atoms with Gasteiger partial charge in [-0.25, -0.2) is 0 Å². The van der Waals surface area contributed by atoms with Crippen LogP contribution in [0.5, 0.6) is 0 Å². The minimum atomic E-state index is -0.353. The second kappa shape index (κ2) is 8.63. The van der Waals surface area contributed by atoms with Gasteiger partial charge in [0.25, 0.3) is 0 Å². The molecule has 2 fully saturated rings. The fraction of sp³-hybridized carbons (Fsp3) is 0.938. The van der Waals surface area contributed by atoms with Crippen LogP contribution in [0.4, 0.5) is 0 Å². The third kappa shape index (κ3) is 5.06. The molecule has 1 amide bonds. The molecular weight excluding hydrogens is 252 g/mol.